The smallest absolute Gasteiger partial charge is 0.248 e. The van der Waals surface area contributed by atoms with E-state index in [1.165, 1.54) is 0 Å². The van der Waals surface area contributed by atoms with Crippen molar-refractivity contribution in [3.05, 3.63) is 34.9 Å². The summed E-state index contributed by atoms with van der Waals surface area (Å²) < 4.78 is 0. The first-order valence-corrected chi connectivity index (χ1v) is 7.73. The maximum absolute atomic E-state index is 11.5. The molecule has 0 bridgehead atoms. The lowest BCUT2D eigenvalue weighted by Crippen LogP contribution is -2.66. The zero-order chi connectivity index (χ0) is 16.7. The SMILES string of the molecule is CCc1ccc(C(N)=O)cc1[C@@]1(C)CCN(C)[C@H](C)C1(O)O. The second-order valence-electron chi connectivity index (χ2n) is 6.55. The summed E-state index contributed by atoms with van der Waals surface area (Å²) >= 11 is 0. The summed E-state index contributed by atoms with van der Waals surface area (Å²) in [5.41, 5.74) is 6.75. The fourth-order valence-electron chi connectivity index (χ4n) is 3.43. The van der Waals surface area contributed by atoms with Gasteiger partial charge in [0.15, 0.2) is 5.79 Å². The average molecular weight is 306 g/mol. The van der Waals surface area contributed by atoms with E-state index in [4.69, 9.17) is 5.73 Å². The first-order valence-electron chi connectivity index (χ1n) is 7.73. The van der Waals surface area contributed by atoms with Gasteiger partial charge in [-0.15, -0.1) is 0 Å². The fraction of sp³-hybridized carbons (Fsp3) is 0.588. The van der Waals surface area contributed by atoms with Crippen molar-refractivity contribution in [2.24, 2.45) is 5.73 Å². The van der Waals surface area contributed by atoms with Crippen LogP contribution in [0.1, 0.15) is 48.7 Å². The van der Waals surface area contributed by atoms with E-state index in [1.54, 1.807) is 19.1 Å². The van der Waals surface area contributed by atoms with Crippen LogP contribution >= 0.6 is 0 Å². The number of nitrogens with two attached hydrogens (primary N) is 1. The molecule has 1 saturated heterocycles. The van der Waals surface area contributed by atoms with Gasteiger partial charge in [-0.05, 0) is 56.6 Å². The largest absolute Gasteiger partial charge is 0.366 e. The minimum absolute atomic E-state index is 0.399. The number of aryl methyl sites for hydroxylation is 1. The number of hydrogen-bond donors (Lipinski definition) is 3. The Labute approximate surface area is 131 Å². The lowest BCUT2D eigenvalue weighted by molar-refractivity contribution is -0.261. The molecule has 0 unspecified atom stereocenters. The van der Waals surface area contributed by atoms with Gasteiger partial charge in [-0.2, -0.15) is 0 Å². The first-order chi connectivity index (χ1) is 10.1. The summed E-state index contributed by atoms with van der Waals surface area (Å²) in [5, 5.41) is 21.7. The zero-order valence-corrected chi connectivity index (χ0v) is 13.8. The molecule has 4 N–H and O–H groups in total. The van der Waals surface area contributed by atoms with E-state index >= 15 is 0 Å². The normalized spacial score (nSPS) is 28.5. The number of piperidine rings is 1. The maximum Gasteiger partial charge on any atom is 0.248 e. The Kier molecular flexibility index (Phi) is 4.35. The summed E-state index contributed by atoms with van der Waals surface area (Å²) in [4.78, 5) is 13.4. The minimum atomic E-state index is -1.89. The number of rotatable bonds is 3. The minimum Gasteiger partial charge on any atom is -0.366 e. The molecule has 2 rings (SSSR count). The highest BCUT2D eigenvalue weighted by molar-refractivity contribution is 5.93. The maximum atomic E-state index is 11.5. The molecule has 1 aliphatic heterocycles. The van der Waals surface area contributed by atoms with Crippen LogP contribution in [0.3, 0.4) is 0 Å². The molecule has 1 aliphatic rings. The van der Waals surface area contributed by atoms with Gasteiger partial charge >= 0.3 is 0 Å². The highest BCUT2D eigenvalue weighted by Gasteiger charge is 2.55. The predicted molar refractivity (Wildman–Crippen MR) is 85.6 cm³/mol. The van der Waals surface area contributed by atoms with Crippen molar-refractivity contribution in [2.75, 3.05) is 13.6 Å². The van der Waals surface area contributed by atoms with Crippen LogP contribution < -0.4 is 5.73 Å². The van der Waals surface area contributed by atoms with Crippen LogP contribution in [0.4, 0.5) is 0 Å². The third-order valence-electron chi connectivity index (χ3n) is 5.39. The Balaban J connectivity index is 2.62. The number of hydrogen-bond acceptors (Lipinski definition) is 4. The molecule has 22 heavy (non-hydrogen) atoms. The molecular weight excluding hydrogens is 280 g/mol. The molecule has 5 heteroatoms. The lowest BCUT2D eigenvalue weighted by Gasteiger charge is -2.52. The number of likely N-dealkylation sites (N-methyl/N-ethyl adjacent to an activating group) is 1. The van der Waals surface area contributed by atoms with E-state index in [2.05, 4.69) is 0 Å². The van der Waals surface area contributed by atoms with Gasteiger partial charge < -0.3 is 15.9 Å². The van der Waals surface area contributed by atoms with Gasteiger partial charge in [-0.25, -0.2) is 0 Å². The first kappa shape index (κ1) is 16.9. The molecule has 0 radical (unpaired) electrons. The molecule has 1 amide bonds. The molecular formula is C17H26N2O3. The van der Waals surface area contributed by atoms with Crippen molar-refractivity contribution in [1.29, 1.82) is 0 Å². The Morgan fingerprint density at radius 3 is 2.64 bits per heavy atom. The van der Waals surface area contributed by atoms with Crippen LogP contribution in [0.15, 0.2) is 18.2 Å². The molecule has 0 aliphatic carbocycles. The number of nitrogens with zero attached hydrogens (tertiary/aromatic N) is 1. The molecule has 0 aromatic heterocycles. The molecule has 1 aromatic rings. The third-order valence-corrected chi connectivity index (χ3v) is 5.39. The van der Waals surface area contributed by atoms with Gasteiger partial charge in [0.2, 0.25) is 5.91 Å². The van der Waals surface area contributed by atoms with Gasteiger partial charge in [0.05, 0.1) is 6.04 Å². The van der Waals surface area contributed by atoms with Crippen molar-refractivity contribution in [2.45, 2.75) is 50.9 Å². The van der Waals surface area contributed by atoms with Gasteiger partial charge in [-0.3, -0.25) is 9.69 Å². The Morgan fingerprint density at radius 2 is 2.09 bits per heavy atom. The predicted octanol–water partition coefficient (Wildman–Crippen LogP) is 1.01. The zero-order valence-electron chi connectivity index (χ0n) is 13.8. The summed E-state index contributed by atoms with van der Waals surface area (Å²) in [7, 11) is 1.88. The summed E-state index contributed by atoms with van der Waals surface area (Å²) in [6.45, 7) is 6.43. The Bertz CT molecular complexity index is 585. The molecule has 122 valence electrons. The van der Waals surface area contributed by atoms with Crippen LogP contribution in [0.5, 0.6) is 0 Å². The molecule has 1 fully saturated rings. The average Bonchev–Trinajstić information content (AvgIpc) is 2.49. The van der Waals surface area contributed by atoms with Crippen LogP contribution in [0.2, 0.25) is 0 Å². The number of likely N-dealkylation sites (tertiary alicyclic amines) is 1. The summed E-state index contributed by atoms with van der Waals surface area (Å²) in [5.74, 6) is -2.39. The van der Waals surface area contributed by atoms with Crippen LogP contribution in [0, 0.1) is 0 Å². The monoisotopic (exact) mass is 306 g/mol. The van der Waals surface area contributed by atoms with Crippen LogP contribution in [0.25, 0.3) is 0 Å². The van der Waals surface area contributed by atoms with Crippen molar-refractivity contribution in [3.8, 4) is 0 Å². The van der Waals surface area contributed by atoms with Crippen molar-refractivity contribution < 1.29 is 15.0 Å². The number of carbonyl (C=O) groups excluding carboxylic acids is 1. The van der Waals surface area contributed by atoms with Gasteiger partial charge in [0.1, 0.15) is 0 Å². The second-order valence-corrected chi connectivity index (χ2v) is 6.55. The standard InChI is InChI=1S/C17H26N2O3/c1-5-12-6-7-13(15(18)20)10-14(12)16(3)8-9-19(4)11(2)17(16,21)22/h6-7,10-11,21-22H,5,8-9H2,1-4H3,(H2,18,20)/t11-,16-/m1/s1. The lowest BCUT2D eigenvalue weighted by atomic mass is 9.65. The molecule has 0 spiro atoms. The van der Waals surface area contributed by atoms with Gasteiger partial charge in [0, 0.05) is 11.0 Å². The Morgan fingerprint density at radius 1 is 1.45 bits per heavy atom. The summed E-state index contributed by atoms with van der Waals surface area (Å²) in [6, 6.07) is 4.87. The van der Waals surface area contributed by atoms with E-state index in [9.17, 15) is 15.0 Å². The number of carbonyl (C=O) groups is 1. The Hall–Kier alpha value is -1.43. The van der Waals surface area contributed by atoms with E-state index in [-0.39, 0.29) is 0 Å². The molecule has 1 aromatic carbocycles. The second kappa shape index (κ2) is 5.65. The van der Waals surface area contributed by atoms with E-state index < -0.39 is 23.2 Å². The molecule has 0 saturated carbocycles. The quantitative estimate of drug-likeness (QED) is 0.727. The van der Waals surface area contributed by atoms with E-state index in [0.717, 1.165) is 24.1 Å². The third kappa shape index (κ3) is 2.43. The topological polar surface area (TPSA) is 86.8 Å². The number of aliphatic hydroxyl groups is 2. The van der Waals surface area contributed by atoms with Crippen molar-refractivity contribution >= 4 is 5.91 Å². The molecule has 5 nitrogen and oxygen atoms in total. The van der Waals surface area contributed by atoms with Crippen molar-refractivity contribution in [1.82, 2.24) is 4.90 Å². The fourth-order valence-corrected chi connectivity index (χ4v) is 3.43. The van der Waals surface area contributed by atoms with Gasteiger partial charge in [-0.1, -0.05) is 19.9 Å². The van der Waals surface area contributed by atoms with Crippen molar-refractivity contribution in [3.63, 3.8) is 0 Å². The van der Waals surface area contributed by atoms with Crippen LogP contribution in [-0.2, 0) is 11.8 Å². The van der Waals surface area contributed by atoms with Gasteiger partial charge in [0.25, 0.3) is 0 Å². The highest BCUT2D eigenvalue weighted by atomic mass is 16.5. The molecule has 2 atom stereocenters. The van der Waals surface area contributed by atoms with E-state index in [1.807, 2.05) is 31.9 Å². The van der Waals surface area contributed by atoms with E-state index in [0.29, 0.717) is 12.0 Å². The molecule has 1 heterocycles. The van der Waals surface area contributed by atoms with Crippen LogP contribution in [-0.4, -0.2) is 46.4 Å². The highest BCUT2D eigenvalue weighted by Crippen LogP contribution is 2.45. The number of benzene rings is 1. The summed E-state index contributed by atoms with van der Waals surface area (Å²) in [6.07, 6.45) is 1.35. The number of amides is 1. The number of primary amides is 1.